The van der Waals surface area contributed by atoms with Crippen LogP contribution < -0.4 is 20.5 Å². The molecule has 1 unspecified atom stereocenters. The van der Waals surface area contributed by atoms with E-state index in [1.165, 1.54) is 23.4 Å². The van der Waals surface area contributed by atoms with Gasteiger partial charge in [-0.3, -0.25) is 10.8 Å². The summed E-state index contributed by atoms with van der Waals surface area (Å²) < 4.78 is 40.7. The van der Waals surface area contributed by atoms with Crippen LogP contribution in [0.1, 0.15) is 29.7 Å². The van der Waals surface area contributed by atoms with E-state index in [-0.39, 0.29) is 11.8 Å². The third-order valence-corrected chi connectivity index (χ3v) is 4.96. The lowest BCUT2D eigenvalue weighted by molar-refractivity contribution is -0.274. The Morgan fingerprint density at radius 3 is 2.17 bits per heavy atom. The molecular formula is C25H23F3N6OS. The van der Waals surface area contributed by atoms with Gasteiger partial charge in [0.25, 0.3) is 0 Å². The number of anilines is 1. The second-order valence-corrected chi connectivity index (χ2v) is 7.81. The fourth-order valence-electron chi connectivity index (χ4n) is 2.99. The lowest BCUT2D eigenvalue weighted by Crippen LogP contribution is -2.34. The standard InChI is InChI=1S/C25H23F3N6OS/c1-18(21-5-3-2-4-6-21)32-24(36)33-30-15-19-7-9-20(10-8-19)16-31-34(17-29)22-11-13-23(14-12-22)35-25(26,27)28/h2-18,29H,1H3,(H2,32,33,36)/b29-17?,30-15+,31-16+. The van der Waals surface area contributed by atoms with Crippen LogP contribution in [-0.2, 0) is 0 Å². The Labute approximate surface area is 211 Å². The summed E-state index contributed by atoms with van der Waals surface area (Å²) in [5, 5.41) is 20.6. The molecule has 0 heterocycles. The van der Waals surface area contributed by atoms with Crippen molar-refractivity contribution in [2.24, 2.45) is 10.2 Å². The number of rotatable bonds is 9. The van der Waals surface area contributed by atoms with Crippen molar-refractivity contribution in [1.82, 2.24) is 10.7 Å². The molecule has 3 rings (SSSR count). The zero-order valence-electron chi connectivity index (χ0n) is 19.1. The van der Waals surface area contributed by atoms with Crippen LogP contribution in [0.25, 0.3) is 0 Å². The molecule has 0 radical (unpaired) electrons. The number of nitrogens with one attached hydrogen (secondary N) is 3. The number of hydrogen-bond donors (Lipinski definition) is 3. The zero-order valence-corrected chi connectivity index (χ0v) is 19.9. The van der Waals surface area contributed by atoms with Crippen LogP contribution in [0.4, 0.5) is 18.9 Å². The van der Waals surface area contributed by atoms with Crippen molar-refractivity contribution in [3.8, 4) is 5.75 Å². The first-order chi connectivity index (χ1) is 17.2. The topological polar surface area (TPSA) is 85.1 Å². The maximum Gasteiger partial charge on any atom is 0.573 e. The summed E-state index contributed by atoms with van der Waals surface area (Å²) in [7, 11) is 0. The number of hydrazone groups is 2. The Morgan fingerprint density at radius 1 is 0.972 bits per heavy atom. The largest absolute Gasteiger partial charge is 0.573 e. The molecule has 0 bridgehead atoms. The van der Waals surface area contributed by atoms with Gasteiger partial charge in [-0.15, -0.1) is 13.2 Å². The Morgan fingerprint density at radius 2 is 1.58 bits per heavy atom. The lowest BCUT2D eigenvalue weighted by atomic mass is 10.1. The fourth-order valence-corrected chi connectivity index (χ4v) is 3.22. The Bertz CT molecular complexity index is 1200. The van der Waals surface area contributed by atoms with Crippen molar-refractivity contribution in [2.75, 3.05) is 5.01 Å². The van der Waals surface area contributed by atoms with Crippen molar-refractivity contribution >= 4 is 41.8 Å². The van der Waals surface area contributed by atoms with Gasteiger partial charge >= 0.3 is 6.36 Å². The van der Waals surface area contributed by atoms with Gasteiger partial charge in [-0.05, 0) is 60.1 Å². The second-order valence-electron chi connectivity index (χ2n) is 7.40. The highest BCUT2D eigenvalue weighted by atomic mass is 32.1. The van der Waals surface area contributed by atoms with E-state index >= 15 is 0 Å². The molecule has 11 heteroatoms. The molecule has 0 fully saturated rings. The van der Waals surface area contributed by atoms with Gasteiger partial charge in [0.05, 0.1) is 24.2 Å². The van der Waals surface area contributed by atoms with Gasteiger partial charge < -0.3 is 10.1 Å². The van der Waals surface area contributed by atoms with Crippen LogP contribution in [0, 0.1) is 5.41 Å². The minimum Gasteiger partial charge on any atom is -0.406 e. The van der Waals surface area contributed by atoms with Crippen molar-refractivity contribution in [1.29, 1.82) is 5.41 Å². The van der Waals surface area contributed by atoms with E-state index in [0.29, 0.717) is 10.8 Å². The molecule has 0 aromatic heterocycles. The summed E-state index contributed by atoms with van der Waals surface area (Å²) in [5.41, 5.74) is 5.87. The normalized spacial score (nSPS) is 12.3. The van der Waals surface area contributed by atoms with Crippen molar-refractivity contribution in [3.05, 3.63) is 95.6 Å². The highest BCUT2D eigenvalue weighted by Gasteiger charge is 2.31. The Balaban J connectivity index is 1.52. The van der Waals surface area contributed by atoms with E-state index in [1.54, 1.807) is 18.3 Å². The van der Waals surface area contributed by atoms with Crippen molar-refractivity contribution < 1.29 is 17.9 Å². The molecule has 3 aromatic rings. The molecule has 36 heavy (non-hydrogen) atoms. The van der Waals surface area contributed by atoms with Gasteiger partial charge in [0.1, 0.15) is 12.1 Å². The average Bonchev–Trinajstić information content (AvgIpc) is 2.86. The van der Waals surface area contributed by atoms with Crippen LogP contribution in [0.5, 0.6) is 5.75 Å². The maximum absolute atomic E-state index is 12.3. The van der Waals surface area contributed by atoms with Gasteiger partial charge in [0, 0.05) is 0 Å². The molecule has 186 valence electrons. The Hall–Kier alpha value is -4.25. The number of thiocarbonyl (C=S) groups is 1. The Kier molecular flexibility index (Phi) is 9.12. The number of hydrogen-bond acceptors (Lipinski definition) is 5. The van der Waals surface area contributed by atoms with Crippen LogP contribution >= 0.6 is 12.2 Å². The number of nitrogens with zero attached hydrogens (tertiary/aromatic N) is 3. The van der Waals surface area contributed by atoms with Crippen molar-refractivity contribution in [2.45, 2.75) is 19.3 Å². The quantitative estimate of drug-likeness (QED) is 0.151. The summed E-state index contributed by atoms with van der Waals surface area (Å²) in [4.78, 5) is 0. The third-order valence-electron chi connectivity index (χ3n) is 4.75. The highest BCUT2D eigenvalue weighted by molar-refractivity contribution is 7.80. The number of halogens is 3. The number of alkyl halides is 3. The third kappa shape index (κ3) is 8.51. The summed E-state index contributed by atoms with van der Waals surface area (Å²) >= 11 is 5.27. The SMILES string of the molecule is CC(NC(=S)N/N=C/c1ccc(/C=N/N(C=N)c2ccc(OC(F)(F)F)cc2)cc1)c1ccccc1. The molecule has 3 N–H and O–H groups in total. The van der Waals surface area contributed by atoms with Crippen LogP contribution in [0.15, 0.2) is 89.1 Å². The predicted octanol–water partition coefficient (Wildman–Crippen LogP) is 5.59. The van der Waals surface area contributed by atoms with Gasteiger partial charge in [-0.25, -0.2) is 5.01 Å². The molecule has 3 aromatic carbocycles. The van der Waals surface area contributed by atoms with Crippen molar-refractivity contribution in [3.63, 3.8) is 0 Å². The average molecular weight is 513 g/mol. The minimum atomic E-state index is -4.77. The molecule has 1 atom stereocenters. The molecule has 7 nitrogen and oxygen atoms in total. The van der Waals surface area contributed by atoms with E-state index in [9.17, 15) is 13.2 Å². The maximum atomic E-state index is 12.3. The zero-order chi connectivity index (χ0) is 26.0. The summed E-state index contributed by atoms with van der Waals surface area (Å²) in [6.45, 7) is 2.00. The van der Waals surface area contributed by atoms with E-state index in [2.05, 4.69) is 25.7 Å². The molecule has 0 aliphatic carbocycles. The van der Waals surface area contributed by atoms with Gasteiger partial charge in [0.2, 0.25) is 0 Å². The van der Waals surface area contributed by atoms with Gasteiger partial charge in [-0.2, -0.15) is 10.2 Å². The monoisotopic (exact) mass is 512 g/mol. The van der Waals surface area contributed by atoms with E-state index in [0.717, 1.165) is 35.2 Å². The predicted molar refractivity (Wildman–Crippen MR) is 140 cm³/mol. The smallest absolute Gasteiger partial charge is 0.406 e. The van der Waals surface area contributed by atoms with Crippen LogP contribution in [-0.4, -0.2) is 30.2 Å². The van der Waals surface area contributed by atoms with Gasteiger partial charge in [0.15, 0.2) is 5.11 Å². The summed E-state index contributed by atoms with van der Waals surface area (Å²) in [6.07, 6.45) is -0.680. The molecule has 0 spiro atoms. The number of ether oxygens (including phenoxy) is 1. The van der Waals surface area contributed by atoms with E-state index < -0.39 is 6.36 Å². The molecular weight excluding hydrogens is 489 g/mol. The summed E-state index contributed by atoms with van der Waals surface area (Å²) in [6, 6.07) is 22.3. The molecule has 0 saturated carbocycles. The summed E-state index contributed by atoms with van der Waals surface area (Å²) in [5.74, 6) is -0.353. The minimum absolute atomic E-state index is 0.0339. The first kappa shape index (κ1) is 26.4. The van der Waals surface area contributed by atoms with E-state index in [4.69, 9.17) is 17.6 Å². The van der Waals surface area contributed by atoms with Crippen LogP contribution in [0.2, 0.25) is 0 Å². The first-order valence-corrected chi connectivity index (χ1v) is 11.1. The molecule has 0 amide bonds. The lowest BCUT2D eigenvalue weighted by Gasteiger charge is -2.15. The van der Waals surface area contributed by atoms with Crippen LogP contribution in [0.3, 0.4) is 0 Å². The molecule has 0 aliphatic rings. The van der Waals surface area contributed by atoms with Gasteiger partial charge in [-0.1, -0.05) is 54.6 Å². The fraction of sp³-hybridized carbons (Fsp3) is 0.120. The van der Waals surface area contributed by atoms with E-state index in [1.807, 2.05) is 49.4 Å². The molecule has 0 aliphatic heterocycles. The molecule has 0 saturated heterocycles. The highest BCUT2D eigenvalue weighted by Crippen LogP contribution is 2.25. The number of benzene rings is 3. The second kappa shape index (κ2) is 12.5. The first-order valence-electron chi connectivity index (χ1n) is 10.7.